The molecule has 4 rings (SSSR count). The molecule has 2 aliphatic heterocycles. The van der Waals surface area contributed by atoms with Crippen molar-refractivity contribution in [3.8, 4) is 5.75 Å². The number of guanidine groups is 1. The van der Waals surface area contributed by atoms with E-state index in [0.717, 1.165) is 36.9 Å². The third kappa shape index (κ3) is 4.75. The maximum Gasteiger partial charge on any atom is 0.246 e. The second-order valence-corrected chi connectivity index (χ2v) is 8.18. The number of carbonyl (C=O) groups excluding carboxylic acids is 2. The quantitative estimate of drug-likeness (QED) is 0.634. The summed E-state index contributed by atoms with van der Waals surface area (Å²) >= 11 is 0. The van der Waals surface area contributed by atoms with Crippen molar-refractivity contribution in [2.24, 2.45) is 4.99 Å². The van der Waals surface area contributed by atoms with Gasteiger partial charge in [-0.05, 0) is 30.9 Å². The predicted octanol–water partition coefficient (Wildman–Crippen LogP) is 1.93. The van der Waals surface area contributed by atoms with Crippen molar-refractivity contribution in [3.05, 3.63) is 23.8 Å². The Balaban J connectivity index is 1.27. The molecule has 2 N–H and O–H groups in total. The van der Waals surface area contributed by atoms with Crippen molar-refractivity contribution in [1.82, 2.24) is 15.1 Å². The zero-order valence-corrected chi connectivity index (χ0v) is 17.3. The summed E-state index contributed by atoms with van der Waals surface area (Å²) in [6.45, 7) is 1.88. The van der Waals surface area contributed by atoms with E-state index < -0.39 is 0 Å². The summed E-state index contributed by atoms with van der Waals surface area (Å²) < 4.78 is 5.85. The van der Waals surface area contributed by atoms with Crippen molar-refractivity contribution in [3.63, 3.8) is 0 Å². The lowest BCUT2D eigenvalue weighted by atomic mass is 9.94. The van der Waals surface area contributed by atoms with E-state index in [0.29, 0.717) is 50.8 Å². The number of aliphatic hydroxyl groups is 1. The third-order valence-corrected chi connectivity index (χ3v) is 6.01. The zero-order valence-electron chi connectivity index (χ0n) is 17.3. The smallest absolute Gasteiger partial charge is 0.246 e. The van der Waals surface area contributed by atoms with Crippen LogP contribution < -0.4 is 10.1 Å². The number of ether oxygens (including phenoxy) is 1. The van der Waals surface area contributed by atoms with Crippen LogP contribution in [0.3, 0.4) is 0 Å². The zero-order chi connectivity index (χ0) is 20.9. The van der Waals surface area contributed by atoms with Crippen molar-refractivity contribution in [1.29, 1.82) is 0 Å². The van der Waals surface area contributed by atoms with Crippen LogP contribution >= 0.6 is 0 Å². The lowest BCUT2D eigenvalue weighted by molar-refractivity contribution is -0.135. The highest BCUT2D eigenvalue weighted by Crippen LogP contribution is 2.31. The first kappa shape index (κ1) is 20.7. The molecule has 1 aromatic carbocycles. The van der Waals surface area contributed by atoms with E-state index in [9.17, 15) is 14.7 Å². The Hall–Kier alpha value is -2.61. The second-order valence-electron chi connectivity index (χ2n) is 8.18. The largest absolute Gasteiger partial charge is 0.494 e. The van der Waals surface area contributed by atoms with Crippen molar-refractivity contribution in [2.45, 2.75) is 57.5 Å². The van der Waals surface area contributed by atoms with Gasteiger partial charge in [0.25, 0.3) is 0 Å². The van der Waals surface area contributed by atoms with Crippen LogP contribution in [0.15, 0.2) is 23.2 Å². The predicted molar refractivity (Wildman–Crippen MR) is 112 cm³/mol. The van der Waals surface area contributed by atoms with Gasteiger partial charge in [0.15, 0.2) is 0 Å². The topological polar surface area (TPSA) is 94.5 Å². The fraction of sp³-hybridized carbons (Fsp3) is 0.591. The molecule has 0 radical (unpaired) electrons. The summed E-state index contributed by atoms with van der Waals surface area (Å²) in [5.74, 6) is 1.38. The van der Waals surface area contributed by atoms with Gasteiger partial charge in [-0.3, -0.25) is 14.9 Å². The molecule has 30 heavy (non-hydrogen) atoms. The number of hydrogen-bond acceptors (Lipinski definition) is 6. The Morgan fingerprint density at radius 2 is 2.10 bits per heavy atom. The average molecular weight is 415 g/mol. The number of amides is 2. The first-order chi connectivity index (χ1) is 14.6. The molecule has 8 nitrogen and oxygen atoms in total. The second kappa shape index (κ2) is 9.47. The molecule has 1 aliphatic carbocycles. The minimum absolute atomic E-state index is 0.00819. The van der Waals surface area contributed by atoms with Gasteiger partial charge in [-0.1, -0.05) is 25.3 Å². The van der Waals surface area contributed by atoms with E-state index >= 15 is 0 Å². The molecule has 0 aromatic heterocycles. The molecular formula is C22H30N4O4. The molecule has 162 valence electrons. The first-order valence-corrected chi connectivity index (χ1v) is 10.9. The Morgan fingerprint density at radius 3 is 2.90 bits per heavy atom. The fourth-order valence-electron chi connectivity index (χ4n) is 4.48. The van der Waals surface area contributed by atoms with Crippen LogP contribution in [0, 0.1) is 0 Å². The summed E-state index contributed by atoms with van der Waals surface area (Å²) in [6, 6.07) is 6.04. The van der Waals surface area contributed by atoms with Crippen LogP contribution in [0.1, 0.15) is 50.5 Å². The summed E-state index contributed by atoms with van der Waals surface area (Å²) in [7, 11) is 0. The molecule has 1 saturated carbocycles. The Kier molecular flexibility index (Phi) is 6.52. The molecule has 0 atom stereocenters. The highest BCUT2D eigenvalue weighted by Gasteiger charge is 2.29. The molecule has 2 fully saturated rings. The van der Waals surface area contributed by atoms with Gasteiger partial charge in [-0.15, -0.1) is 0 Å². The fourth-order valence-corrected chi connectivity index (χ4v) is 4.48. The molecule has 1 saturated heterocycles. The van der Waals surface area contributed by atoms with Crippen LogP contribution in [0.25, 0.3) is 0 Å². The summed E-state index contributed by atoms with van der Waals surface area (Å²) in [5.41, 5.74) is 1.87. The number of benzene rings is 1. The number of aliphatic imine (C=N–C) groups is 1. The van der Waals surface area contributed by atoms with Gasteiger partial charge in [0, 0.05) is 31.6 Å². The molecule has 3 aliphatic rings. The van der Waals surface area contributed by atoms with Crippen molar-refractivity contribution in [2.75, 3.05) is 26.3 Å². The van der Waals surface area contributed by atoms with Crippen LogP contribution in [-0.4, -0.2) is 65.0 Å². The van der Waals surface area contributed by atoms with Crippen LogP contribution in [-0.2, 0) is 16.1 Å². The maximum atomic E-state index is 12.7. The number of fused-ring (bicyclic) bond motifs is 2. The summed E-state index contributed by atoms with van der Waals surface area (Å²) in [4.78, 5) is 32.5. The maximum absolute atomic E-state index is 12.7. The molecule has 1 aromatic rings. The van der Waals surface area contributed by atoms with Gasteiger partial charge in [0.1, 0.15) is 12.3 Å². The molecule has 0 unspecified atom stereocenters. The van der Waals surface area contributed by atoms with E-state index in [1.54, 1.807) is 0 Å². The number of rotatable bonds is 8. The van der Waals surface area contributed by atoms with Crippen molar-refractivity contribution < 1.29 is 19.4 Å². The van der Waals surface area contributed by atoms with Gasteiger partial charge in [0.05, 0.1) is 18.9 Å². The Labute approximate surface area is 176 Å². The molecule has 2 amide bonds. The highest BCUT2D eigenvalue weighted by molar-refractivity contribution is 6.05. The van der Waals surface area contributed by atoms with E-state index in [1.165, 1.54) is 6.42 Å². The molecule has 0 bridgehead atoms. The lowest BCUT2D eigenvalue weighted by Gasteiger charge is -2.34. The number of nitrogens with one attached hydrogen (secondary N) is 1. The number of carbonyl (C=O) groups is 2. The molecule has 8 heteroatoms. The van der Waals surface area contributed by atoms with E-state index in [-0.39, 0.29) is 24.5 Å². The van der Waals surface area contributed by atoms with E-state index in [4.69, 9.17) is 4.74 Å². The van der Waals surface area contributed by atoms with Gasteiger partial charge < -0.3 is 19.6 Å². The monoisotopic (exact) mass is 414 g/mol. The van der Waals surface area contributed by atoms with Gasteiger partial charge in [0.2, 0.25) is 17.8 Å². The summed E-state index contributed by atoms with van der Waals surface area (Å²) in [6.07, 6.45) is 6.69. The SMILES string of the molecule is O=C1CN2Cc3ccc(OCCCC(=O)N(CCO)C4CCCCC4)cc3N=C2N1. The van der Waals surface area contributed by atoms with Crippen LogP contribution in [0.4, 0.5) is 5.69 Å². The Bertz CT molecular complexity index is 819. The first-order valence-electron chi connectivity index (χ1n) is 10.9. The van der Waals surface area contributed by atoms with Gasteiger partial charge in [-0.25, -0.2) is 4.99 Å². The molecule has 2 heterocycles. The minimum atomic E-state index is -0.0360. The third-order valence-electron chi connectivity index (χ3n) is 6.01. The number of aliphatic hydroxyl groups excluding tert-OH is 1. The highest BCUT2D eigenvalue weighted by atomic mass is 16.5. The Morgan fingerprint density at radius 1 is 1.27 bits per heavy atom. The van der Waals surface area contributed by atoms with Crippen LogP contribution in [0.2, 0.25) is 0 Å². The van der Waals surface area contributed by atoms with Crippen molar-refractivity contribution >= 4 is 23.5 Å². The summed E-state index contributed by atoms with van der Waals surface area (Å²) in [5, 5.41) is 12.1. The van der Waals surface area contributed by atoms with Crippen LogP contribution in [0.5, 0.6) is 5.75 Å². The van der Waals surface area contributed by atoms with E-state index in [2.05, 4.69) is 10.3 Å². The van der Waals surface area contributed by atoms with E-state index in [1.807, 2.05) is 28.0 Å². The standard InChI is InChI=1S/C22H30N4O4/c27-11-10-26(17-5-2-1-3-6-17)21(29)7-4-12-30-18-9-8-16-14-25-15-20(28)24-22(25)23-19(16)13-18/h8-9,13,17,27H,1-7,10-12,14-15H2,(H,23,24,28). The van der Waals surface area contributed by atoms with Gasteiger partial charge in [-0.2, -0.15) is 0 Å². The number of nitrogens with zero attached hydrogens (tertiary/aromatic N) is 3. The minimum Gasteiger partial charge on any atom is -0.494 e. The molecular weight excluding hydrogens is 384 g/mol. The normalized spacial score (nSPS) is 18.4. The van der Waals surface area contributed by atoms with Gasteiger partial charge >= 0.3 is 0 Å². The molecule has 0 spiro atoms. The number of hydrogen-bond donors (Lipinski definition) is 2. The average Bonchev–Trinajstić information content (AvgIpc) is 3.12. The lowest BCUT2D eigenvalue weighted by Crippen LogP contribution is -2.43.